The van der Waals surface area contributed by atoms with E-state index in [1.807, 2.05) is 18.5 Å². The second-order valence-electron chi connectivity index (χ2n) is 8.36. The summed E-state index contributed by atoms with van der Waals surface area (Å²) in [6.45, 7) is 1.54. The van der Waals surface area contributed by atoms with Gasteiger partial charge in [-0.25, -0.2) is 4.98 Å². The Hall–Kier alpha value is -4.40. The molecule has 0 fully saturated rings. The molecule has 5 nitrogen and oxygen atoms in total. The quantitative estimate of drug-likeness (QED) is 0.224. The fourth-order valence-corrected chi connectivity index (χ4v) is 4.46. The van der Waals surface area contributed by atoms with E-state index >= 15 is 0 Å². The lowest BCUT2D eigenvalue weighted by atomic mass is 10.0. The zero-order valence-electron chi connectivity index (χ0n) is 18.8. The molecule has 3 heterocycles. The maximum absolute atomic E-state index is 6.35. The highest BCUT2D eigenvalue weighted by atomic mass is 14.9. The largest absolute Gasteiger partial charge is 0.398 e. The number of hydrogen-bond donors (Lipinski definition) is 3. The summed E-state index contributed by atoms with van der Waals surface area (Å²) in [5.74, 6) is 0.908. The van der Waals surface area contributed by atoms with Crippen molar-refractivity contribution in [3.8, 4) is 35.1 Å². The lowest BCUT2D eigenvalue weighted by Crippen LogP contribution is -2.13. The molecule has 4 N–H and O–H groups in total. The molecule has 8 bridgehead atoms. The van der Waals surface area contributed by atoms with E-state index < -0.39 is 0 Å². The first kappa shape index (κ1) is 21.4. The first-order valence-corrected chi connectivity index (χ1v) is 11.2. The summed E-state index contributed by atoms with van der Waals surface area (Å²) in [4.78, 5) is 12.9. The van der Waals surface area contributed by atoms with E-state index in [-0.39, 0.29) is 0 Å². The molecule has 0 aliphatic carbocycles. The van der Waals surface area contributed by atoms with Gasteiger partial charge in [-0.05, 0) is 58.1 Å². The summed E-state index contributed by atoms with van der Waals surface area (Å²) in [6.07, 6.45) is 12.5. The third-order valence-electron chi connectivity index (χ3n) is 6.09. The van der Waals surface area contributed by atoms with Gasteiger partial charge in [-0.15, -0.1) is 12.8 Å². The highest BCUT2D eigenvalue weighted by Gasteiger charge is 2.13. The molecule has 0 amide bonds. The van der Waals surface area contributed by atoms with Crippen LogP contribution in [0.25, 0.3) is 33.3 Å². The van der Waals surface area contributed by atoms with Gasteiger partial charge in [0, 0.05) is 48.7 Å². The Kier molecular flexibility index (Phi) is 5.82. The molecule has 1 aliphatic heterocycles. The molecule has 0 unspecified atom stereocenters. The van der Waals surface area contributed by atoms with Crippen molar-refractivity contribution in [2.75, 3.05) is 5.73 Å². The van der Waals surface area contributed by atoms with Crippen LogP contribution in [0.3, 0.4) is 0 Å². The number of nitrogens with zero attached hydrogens (tertiary/aromatic N) is 2. The van der Waals surface area contributed by atoms with E-state index in [9.17, 15) is 0 Å². The zero-order chi connectivity index (χ0) is 23.5. The minimum Gasteiger partial charge on any atom is -0.398 e. The first-order chi connectivity index (χ1) is 16.7. The SMILES string of the molecule is C#C.Nc1ccc2cc1Cc1nc3c(cccc3[nH]1)-c1cccc(c1)CNCc1cncc-2c1. The maximum Gasteiger partial charge on any atom is 0.111 e. The van der Waals surface area contributed by atoms with Crippen LogP contribution in [0.2, 0.25) is 0 Å². The van der Waals surface area contributed by atoms with Gasteiger partial charge < -0.3 is 16.0 Å². The number of hydrogen-bond acceptors (Lipinski definition) is 4. The van der Waals surface area contributed by atoms with Gasteiger partial charge in [-0.1, -0.05) is 36.4 Å². The minimum absolute atomic E-state index is 0.641. The van der Waals surface area contributed by atoms with Crippen molar-refractivity contribution in [2.45, 2.75) is 19.5 Å². The van der Waals surface area contributed by atoms with Gasteiger partial charge >= 0.3 is 0 Å². The number of para-hydroxylation sites is 1. The average molecular weight is 444 g/mol. The molecule has 0 atom stereocenters. The molecular formula is C29H25N5. The van der Waals surface area contributed by atoms with E-state index in [1.54, 1.807) is 0 Å². The van der Waals surface area contributed by atoms with Gasteiger partial charge in [0.25, 0.3) is 0 Å². The van der Waals surface area contributed by atoms with Crippen molar-refractivity contribution in [3.05, 3.63) is 102 Å². The Bertz CT molecular complexity index is 1500. The van der Waals surface area contributed by atoms with E-state index in [0.29, 0.717) is 6.42 Å². The number of nitrogens with two attached hydrogens (primary N) is 1. The molecule has 3 aromatic carbocycles. The van der Waals surface area contributed by atoms with Crippen LogP contribution in [0.15, 0.2) is 79.1 Å². The molecule has 0 saturated carbocycles. The highest BCUT2D eigenvalue weighted by Crippen LogP contribution is 2.30. The van der Waals surface area contributed by atoms with Crippen LogP contribution < -0.4 is 11.1 Å². The fourth-order valence-electron chi connectivity index (χ4n) is 4.46. The number of aromatic amines is 1. The van der Waals surface area contributed by atoms with Crippen LogP contribution in [-0.4, -0.2) is 15.0 Å². The lowest BCUT2D eigenvalue weighted by Gasteiger charge is -2.10. The third kappa shape index (κ3) is 4.15. The maximum atomic E-state index is 6.35. The summed E-state index contributed by atoms with van der Waals surface area (Å²) in [5, 5.41) is 3.56. The molecule has 34 heavy (non-hydrogen) atoms. The molecule has 166 valence electrons. The smallest absolute Gasteiger partial charge is 0.111 e. The van der Waals surface area contributed by atoms with Crippen LogP contribution in [0.1, 0.15) is 22.5 Å². The van der Waals surface area contributed by atoms with Crippen molar-refractivity contribution in [2.24, 2.45) is 0 Å². The molecule has 6 rings (SSSR count). The van der Waals surface area contributed by atoms with Crippen LogP contribution in [0.5, 0.6) is 0 Å². The third-order valence-corrected chi connectivity index (χ3v) is 6.09. The number of fused-ring (bicyclic) bond motifs is 9. The van der Waals surface area contributed by atoms with E-state index in [0.717, 1.165) is 63.5 Å². The van der Waals surface area contributed by atoms with E-state index in [2.05, 4.69) is 88.8 Å². The van der Waals surface area contributed by atoms with Gasteiger partial charge in [-0.2, -0.15) is 0 Å². The number of anilines is 1. The fraction of sp³-hybridized carbons (Fsp3) is 0.103. The summed E-state index contributed by atoms with van der Waals surface area (Å²) in [6, 6.07) is 23.3. The van der Waals surface area contributed by atoms with Gasteiger partial charge in [-0.3, -0.25) is 4.98 Å². The summed E-state index contributed by atoms with van der Waals surface area (Å²) in [7, 11) is 0. The summed E-state index contributed by atoms with van der Waals surface area (Å²) >= 11 is 0. The number of nitrogens with one attached hydrogen (secondary N) is 2. The number of rotatable bonds is 0. The van der Waals surface area contributed by atoms with Crippen molar-refractivity contribution < 1.29 is 0 Å². The molecule has 0 radical (unpaired) electrons. The van der Waals surface area contributed by atoms with Crippen LogP contribution >= 0.6 is 0 Å². The van der Waals surface area contributed by atoms with Gasteiger partial charge in [0.15, 0.2) is 0 Å². The van der Waals surface area contributed by atoms with Crippen molar-refractivity contribution in [1.82, 2.24) is 20.3 Å². The van der Waals surface area contributed by atoms with Crippen LogP contribution in [0, 0.1) is 12.8 Å². The van der Waals surface area contributed by atoms with Gasteiger partial charge in [0.2, 0.25) is 0 Å². The molecule has 5 heteroatoms. The molecular weight excluding hydrogens is 418 g/mol. The van der Waals surface area contributed by atoms with Gasteiger partial charge in [0.1, 0.15) is 5.82 Å². The first-order valence-electron chi connectivity index (χ1n) is 11.2. The monoisotopic (exact) mass is 443 g/mol. The van der Waals surface area contributed by atoms with E-state index in [1.165, 1.54) is 11.1 Å². The Labute approximate surface area is 199 Å². The van der Waals surface area contributed by atoms with Crippen LogP contribution in [0.4, 0.5) is 5.69 Å². The second kappa shape index (κ2) is 9.22. The zero-order valence-corrected chi connectivity index (χ0v) is 18.8. The summed E-state index contributed by atoms with van der Waals surface area (Å²) < 4.78 is 0. The number of benzene rings is 3. The number of aromatic nitrogens is 3. The number of pyridine rings is 1. The van der Waals surface area contributed by atoms with Crippen molar-refractivity contribution in [3.63, 3.8) is 0 Å². The van der Waals surface area contributed by atoms with Gasteiger partial charge in [0.05, 0.1) is 11.0 Å². The summed E-state index contributed by atoms with van der Waals surface area (Å²) in [5.41, 5.74) is 17.1. The van der Waals surface area contributed by atoms with Crippen molar-refractivity contribution in [1.29, 1.82) is 0 Å². The average Bonchev–Trinajstić information content (AvgIpc) is 3.29. The number of nitrogen functional groups attached to an aromatic ring is 1. The predicted molar refractivity (Wildman–Crippen MR) is 139 cm³/mol. The number of terminal acetylenes is 1. The minimum atomic E-state index is 0.641. The lowest BCUT2D eigenvalue weighted by molar-refractivity contribution is 0.692. The highest BCUT2D eigenvalue weighted by molar-refractivity contribution is 5.92. The topological polar surface area (TPSA) is 79.6 Å². The molecule has 1 aliphatic rings. The standard InChI is InChI=1S/C27H23N5.C2H2/c28-24-8-7-19-11-21(24)12-26-31-25-6-2-5-23(27(25)32-26)20-4-1-3-17(9-20)13-29-14-18-10-22(19)16-30-15-18;1-2/h1-11,15-16,29H,12-14,28H2,(H,31,32);1-2H. The Morgan fingerprint density at radius 2 is 1.62 bits per heavy atom. The number of imidazole rings is 1. The Balaban J connectivity index is 0.00000117. The normalized spacial score (nSPS) is 12.5. The Morgan fingerprint density at radius 3 is 2.53 bits per heavy atom. The molecule has 5 aromatic rings. The second-order valence-corrected chi connectivity index (χ2v) is 8.36. The van der Waals surface area contributed by atoms with Crippen molar-refractivity contribution >= 4 is 16.7 Å². The molecule has 2 aromatic heterocycles. The van der Waals surface area contributed by atoms with E-state index in [4.69, 9.17) is 10.7 Å². The number of H-pyrrole nitrogens is 1. The Morgan fingerprint density at radius 1 is 0.794 bits per heavy atom. The predicted octanol–water partition coefficient (Wildman–Crippen LogP) is 5.32. The molecule has 0 spiro atoms. The molecule has 0 saturated heterocycles. The van der Waals surface area contributed by atoms with Crippen LogP contribution in [-0.2, 0) is 19.5 Å².